The molecule has 2 aliphatic rings. The number of amides is 1. The monoisotopic (exact) mass is 505 g/mol. The van der Waals surface area contributed by atoms with Crippen LogP contribution in [0.5, 0.6) is 0 Å². The van der Waals surface area contributed by atoms with E-state index in [1.807, 2.05) is 35.0 Å². The lowest BCUT2D eigenvalue weighted by molar-refractivity contribution is -0.119. The highest BCUT2D eigenvalue weighted by atomic mass is 16.5. The molecule has 3 aromatic rings. The minimum Gasteiger partial charge on any atom is -0.464 e. The first kappa shape index (κ1) is 25.2. The summed E-state index contributed by atoms with van der Waals surface area (Å²) in [6, 6.07) is 12.4. The van der Waals surface area contributed by atoms with E-state index in [1.165, 1.54) is 7.11 Å². The maximum atomic E-state index is 13.1. The summed E-state index contributed by atoms with van der Waals surface area (Å²) in [6.07, 6.45) is 5.27. The van der Waals surface area contributed by atoms with Gasteiger partial charge in [0.2, 0.25) is 5.91 Å². The number of pyridine rings is 1. The van der Waals surface area contributed by atoms with E-state index in [2.05, 4.69) is 34.7 Å². The molecule has 0 radical (unpaired) electrons. The summed E-state index contributed by atoms with van der Waals surface area (Å²) in [7, 11) is 3.50. The van der Waals surface area contributed by atoms with Gasteiger partial charge in [-0.2, -0.15) is 0 Å². The molecule has 9 nitrogen and oxygen atoms in total. The summed E-state index contributed by atoms with van der Waals surface area (Å²) < 4.78 is 12.5. The van der Waals surface area contributed by atoms with Crippen LogP contribution in [-0.4, -0.2) is 72.8 Å². The Morgan fingerprint density at radius 2 is 1.95 bits per heavy atom. The standard InChI is InChI=1S/C28H35N5O4/c1-32-12-9-21(10-13-32)30-22-16-23-24(31-27(34)20-11-15-37-18-20)25(28(35)36-2)33(26(23)29-17-22)14-8-19-6-4-3-5-7-19/h3-7,16-17,20-21,30H,8-15,18H2,1-2H3,(H,31,34)/t20-/m0/s1. The number of hydrogen-bond acceptors (Lipinski definition) is 7. The van der Waals surface area contributed by atoms with Crippen LogP contribution in [-0.2, 0) is 27.2 Å². The predicted molar refractivity (Wildman–Crippen MR) is 143 cm³/mol. The molecule has 2 fully saturated rings. The fraction of sp³-hybridized carbons (Fsp3) is 0.464. The number of rotatable bonds is 8. The topological polar surface area (TPSA) is 97.7 Å². The first-order valence-electron chi connectivity index (χ1n) is 13.0. The van der Waals surface area contributed by atoms with Gasteiger partial charge in [0.1, 0.15) is 5.65 Å². The van der Waals surface area contributed by atoms with E-state index < -0.39 is 5.97 Å². The van der Waals surface area contributed by atoms with Crippen LogP contribution in [0.3, 0.4) is 0 Å². The van der Waals surface area contributed by atoms with Crippen LogP contribution in [0.1, 0.15) is 35.3 Å². The van der Waals surface area contributed by atoms with Gasteiger partial charge in [0.05, 0.1) is 37.2 Å². The number of methoxy groups -OCH3 is 1. The van der Waals surface area contributed by atoms with Crippen molar-refractivity contribution in [3.8, 4) is 0 Å². The number of nitrogens with zero attached hydrogens (tertiary/aromatic N) is 3. The van der Waals surface area contributed by atoms with Crippen LogP contribution in [0.2, 0.25) is 0 Å². The predicted octanol–water partition coefficient (Wildman–Crippen LogP) is 3.55. The van der Waals surface area contributed by atoms with Gasteiger partial charge in [0.15, 0.2) is 5.69 Å². The quantitative estimate of drug-likeness (QED) is 0.452. The van der Waals surface area contributed by atoms with Gasteiger partial charge in [-0.3, -0.25) is 4.79 Å². The van der Waals surface area contributed by atoms with Gasteiger partial charge in [-0.25, -0.2) is 9.78 Å². The van der Waals surface area contributed by atoms with Crippen molar-refractivity contribution in [3.63, 3.8) is 0 Å². The molecule has 2 saturated heterocycles. The second kappa shape index (κ2) is 11.3. The Morgan fingerprint density at radius 3 is 2.65 bits per heavy atom. The van der Waals surface area contributed by atoms with E-state index in [-0.39, 0.29) is 11.8 Å². The maximum absolute atomic E-state index is 13.1. The Hall–Kier alpha value is -3.43. The van der Waals surface area contributed by atoms with Crippen LogP contribution >= 0.6 is 0 Å². The van der Waals surface area contributed by atoms with Crippen LogP contribution in [0.4, 0.5) is 11.4 Å². The SMILES string of the molecule is COC(=O)c1c(NC(=O)[C@H]2CCOC2)c2cc(NC3CCN(C)CC3)cnc2n1CCc1ccccc1. The Kier molecular flexibility index (Phi) is 7.71. The Balaban J connectivity index is 1.53. The number of piperidine rings is 1. The first-order valence-corrected chi connectivity index (χ1v) is 13.0. The number of aryl methyl sites for hydroxylation is 2. The summed E-state index contributed by atoms with van der Waals surface area (Å²) >= 11 is 0. The fourth-order valence-electron chi connectivity index (χ4n) is 5.20. The molecular weight excluding hydrogens is 470 g/mol. The highest BCUT2D eigenvalue weighted by Crippen LogP contribution is 2.34. The highest BCUT2D eigenvalue weighted by Gasteiger charge is 2.30. The molecule has 0 spiro atoms. The van der Waals surface area contributed by atoms with E-state index in [9.17, 15) is 9.59 Å². The van der Waals surface area contributed by atoms with Crippen molar-refractivity contribution in [1.29, 1.82) is 0 Å². The smallest absolute Gasteiger partial charge is 0.356 e. The molecule has 2 aliphatic heterocycles. The van der Waals surface area contributed by atoms with Gasteiger partial charge in [-0.1, -0.05) is 30.3 Å². The van der Waals surface area contributed by atoms with Crippen LogP contribution in [0, 0.1) is 5.92 Å². The third-order valence-corrected chi connectivity index (χ3v) is 7.38. The molecule has 2 N–H and O–H groups in total. The molecule has 1 atom stereocenters. The largest absolute Gasteiger partial charge is 0.464 e. The second-order valence-electron chi connectivity index (χ2n) is 9.97. The Morgan fingerprint density at radius 1 is 1.16 bits per heavy atom. The lowest BCUT2D eigenvalue weighted by Gasteiger charge is -2.30. The highest BCUT2D eigenvalue weighted by molar-refractivity contribution is 6.11. The fourth-order valence-corrected chi connectivity index (χ4v) is 5.20. The zero-order valence-electron chi connectivity index (χ0n) is 21.5. The number of likely N-dealkylation sites (tertiary alicyclic amines) is 1. The van der Waals surface area contributed by atoms with Gasteiger partial charge >= 0.3 is 5.97 Å². The average Bonchev–Trinajstić information content (AvgIpc) is 3.56. The summed E-state index contributed by atoms with van der Waals surface area (Å²) in [5.41, 5.74) is 3.42. The molecule has 0 saturated carbocycles. The molecule has 2 aromatic heterocycles. The van der Waals surface area contributed by atoms with E-state index >= 15 is 0 Å². The van der Waals surface area contributed by atoms with Crippen molar-refractivity contribution >= 4 is 34.3 Å². The van der Waals surface area contributed by atoms with E-state index in [1.54, 1.807) is 0 Å². The van der Waals surface area contributed by atoms with E-state index in [0.717, 1.165) is 42.6 Å². The second-order valence-corrected chi connectivity index (χ2v) is 9.97. The van der Waals surface area contributed by atoms with Gasteiger partial charge in [-0.05, 0) is 57.5 Å². The minimum atomic E-state index is -0.506. The van der Waals surface area contributed by atoms with Gasteiger partial charge in [0.25, 0.3) is 0 Å². The Bertz CT molecular complexity index is 1240. The zero-order chi connectivity index (χ0) is 25.8. The van der Waals surface area contributed by atoms with Gasteiger partial charge < -0.3 is 29.6 Å². The normalized spacial score (nSPS) is 18.7. The van der Waals surface area contributed by atoms with Crippen molar-refractivity contribution < 1.29 is 19.1 Å². The molecule has 0 unspecified atom stereocenters. The van der Waals surface area contributed by atoms with Crippen molar-refractivity contribution in [2.45, 2.75) is 38.3 Å². The average molecular weight is 506 g/mol. The molecular formula is C28H35N5O4. The third kappa shape index (κ3) is 5.62. The number of anilines is 2. The van der Waals surface area contributed by atoms with Crippen LogP contribution < -0.4 is 10.6 Å². The number of carbonyl (C=O) groups is 2. The molecule has 0 bridgehead atoms. The van der Waals surface area contributed by atoms with E-state index in [4.69, 9.17) is 14.5 Å². The molecule has 5 rings (SSSR count). The number of esters is 1. The number of hydrogen-bond donors (Lipinski definition) is 2. The number of ether oxygens (including phenoxy) is 2. The molecule has 1 amide bonds. The van der Waals surface area contributed by atoms with E-state index in [0.29, 0.717) is 55.7 Å². The maximum Gasteiger partial charge on any atom is 0.356 e. The summed E-state index contributed by atoms with van der Waals surface area (Å²) in [5.74, 6) is -0.908. The van der Waals surface area contributed by atoms with Crippen molar-refractivity contribution in [3.05, 3.63) is 53.9 Å². The summed E-state index contributed by atoms with van der Waals surface area (Å²) in [4.78, 5) is 33.4. The molecule has 1 aromatic carbocycles. The van der Waals surface area contributed by atoms with Crippen molar-refractivity contribution in [1.82, 2.24) is 14.5 Å². The number of carbonyl (C=O) groups excluding carboxylic acids is 2. The number of benzene rings is 1. The van der Waals surface area contributed by atoms with Crippen molar-refractivity contribution in [2.24, 2.45) is 5.92 Å². The summed E-state index contributed by atoms with van der Waals surface area (Å²) in [5, 5.41) is 7.38. The number of aromatic nitrogens is 2. The molecule has 9 heteroatoms. The number of nitrogens with one attached hydrogen (secondary N) is 2. The minimum absolute atomic E-state index is 0.154. The van der Waals surface area contributed by atoms with Crippen LogP contribution in [0.15, 0.2) is 42.6 Å². The van der Waals surface area contributed by atoms with Gasteiger partial charge in [0, 0.05) is 24.6 Å². The molecule has 37 heavy (non-hydrogen) atoms. The zero-order valence-corrected chi connectivity index (χ0v) is 21.5. The summed E-state index contributed by atoms with van der Waals surface area (Å²) in [6.45, 7) is 3.54. The molecule has 196 valence electrons. The van der Waals surface area contributed by atoms with Crippen LogP contribution in [0.25, 0.3) is 11.0 Å². The van der Waals surface area contributed by atoms with Crippen molar-refractivity contribution in [2.75, 3.05) is 51.1 Å². The lowest BCUT2D eigenvalue weighted by Crippen LogP contribution is -2.36. The van der Waals surface area contributed by atoms with Gasteiger partial charge in [-0.15, -0.1) is 0 Å². The lowest BCUT2D eigenvalue weighted by atomic mass is 10.1. The Labute approximate surface area is 217 Å². The molecule has 4 heterocycles. The molecule has 0 aliphatic carbocycles. The number of fused-ring (bicyclic) bond motifs is 1. The third-order valence-electron chi connectivity index (χ3n) is 7.38. The first-order chi connectivity index (χ1) is 18.0.